The Labute approximate surface area is 149 Å². The number of likely N-dealkylation sites (tertiary alicyclic amines) is 1. The van der Waals surface area contributed by atoms with Gasteiger partial charge in [0.1, 0.15) is 5.75 Å². The zero-order valence-corrected chi connectivity index (χ0v) is 15.4. The molecule has 1 heterocycles. The monoisotopic (exact) mass is 360 g/mol. The first kappa shape index (κ1) is 20.1. The molecule has 1 N–H and O–H groups in total. The molecule has 1 unspecified atom stereocenters. The minimum absolute atomic E-state index is 0. The molecule has 6 heteroatoms. The second-order valence-corrected chi connectivity index (χ2v) is 6.24. The van der Waals surface area contributed by atoms with E-state index in [1.165, 1.54) is 0 Å². The first-order valence-electron chi connectivity index (χ1n) is 7.94. The summed E-state index contributed by atoms with van der Waals surface area (Å²) >= 11 is 5.98. The van der Waals surface area contributed by atoms with E-state index in [1.807, 2.05) is 37.1 Å². The first-order valence-corrected chi connectivity index (χ1v) is 8.32. The Hall–Kier alpha value is -0.970. The summed E-state index contributed by atoms with van der Waals surface area (Å²) in [6.07, 6.45) is 3.52. The molecule has 1 atom stereocenters. The van der Waals surface area contributed by atoms with Gasteiger partial charge >= 0.3 is 0 Å². The van der Waals surface area contributed by atoms with Crippen LogP contribution in [0.25, 0.3) is 0 Å². The summed E-state index contributed by atoms with van der Waals surface area (Å²) in [5.74, 6) is 1.04. The fourth-order valence-corrected chi connectivity index (χ4v) is 2.84. The van der Waals surface area contributed by atoms with E-state index in [-0.39, 0.29) is 18.3 Å². The van der Waals surface area contributed by atoms with Crippen molar-refractivity contribution in [1.29, 1.82) is 0 Å². The molecule has 1 aliphatic rings. The second kappa shape index (κ2) is 10.0. The lowest BCUT2D eigenvalue weighted by Crippen LogP contribution is -2.46. The Bertz CT molecular complexity index is 511. The molecule has 0 bridgehead atoms. The van der Waals surface area contributed by atoms with E-state index in [0.717, 1.165) is 48.7 Å². The maximum atomic E-state index is 12.2. The Kier molecular flexibility index (Phi) is 8.74. The SMILES string of the molecule is CNC1CCCN(C(=O)CCCOc2ccc(Cl)c(C)c2)C1.Cl. The number of hydrogen-bond donors (Lipinski definition) is 1. The van der Waals surface area contributed by atoms with Crippen molar-refractivity contribution in [3.05, 3.63) is 28.8 Å². The third-order valence-corrected chi connectivity index (χ3v) is 4.54. The summed E-state index contributed by atoms with van der Waals surface area (Å²) in [5, 5.41) is 4.00. The summed E-state index contributed by atoms with van der Waals surface area (Å²) < 4.78 is 5.68. The number of hydrogen-bond acceptors (Lipinski definition) is 3. The van der Waals surface area contributed by atoms with Crippen LogP contribution in [-0.4, -0.2) is 43.6 Å². The van der Waals surface area contributed by atoms with Crippen LogP contribution in [0.2, 0.25) is 5.02 Å². The lowest BCUT2D eigenvalue weighted by atomic mass is 10.1. The highest BCUT2D eigenvalue weighted by Crippen LogP contribution is 2.21. The van der Waals surface area contributed by atoms with Crippen LogP contribution in [0, 0.1) is 6.92 Å². The van der Waals surface area contributed by atoms with Crippen LogP contribution in [0.5, 0.6) is 5.75 Å². The molecule has 1 fully saturated rings. The number of carbonyl (C=O) groups is 1. The predicted molar refractivity (Wildman–Crippen MR) is 96.8 cm³/mol. The lowest BCUT2D eigenvalue weighted by molar-refractivity contribution is -0.132. The molecule has 2 rings (SSSR count). The normalized spacial score (nSPS) is 17.5. The van der Waals surface area contributed by atoms with Crippen molar-refractivity contribution in [3.63, 3.8) is 0 Å². The van der Waals surface area contributed by atoms with Crippen molar-refractivity contribution in [2.45, 2.75) is 38.6 Å². The number of rotatable bonds is 6. The highest BCUT2D eigenvalue weighted by Gasteiger charge is 2.21. The lowest BCUT2D eigenvalue weighted by Gasteiger charge is -2.32. The molecule has 23 heavy (non-hydrogen) atoms. The zero-order valence-electron chi connectivity index (χ0n) is 13.8. The number of piperidine rings is 1. The molecule has 0 aliphatic carbocycles. The van der Waals surface area contributed by atoms with Gasteiger partial charge in [-0.3, -0.25) is 4.79 Å². The topological polar surface area (TPSA) is 41.6 Å². The second-order valence-electron chi connectivity index (χ2n) is 5.83. The van der Waals surface area contributed by atoms with Crippen LogP contribution in [-0.2, 0) is 4.79 Å². The number of benzene rings is 1. The van der Waals surface area contributed by atoms with E-state index < -0.39 is 0 Å². The first-order chi connectivity index (χ1) is 10.6. The molecule has 0 spiro atoms. The zero-order chi connectivity index (χ0) is 15.9. The number of halogens is 2. The summed E-state index contributed by atoms with van der Waals surface area (Å²) in [5.41, 5.74) is 1.00. The molecule has 1 aliphatic heterocycles. The van der Waals surface area contributed by atoms with Crippen molar-refractivity contribution in [1.82, 2.24) is 10.2 Å². The molecule has 1 aromatic carbocycles. The maximum absolute atomic E-state index is 12.2. The number of carbonyl (C=O) groups excluding carboxylic acids is 1. The number of aryl methyl sites for hydroxylation is 1. The number of likely N-dealkylation sites (N-methyl/N-ethyl adjacent to an activating group) is 1. The van der Waals surface area contributed by atoms with Gasteiger partial charge < -0.3 is 15.0 Å². The summed E-state index contributed by atoms with van der Waals surface area (Å²) in [4.78, 5) is 14.2. The quantitative estimate of drug-likeness (QED) is 0.790. The molecule has 0 radical (unpaired) electrons. The van der Waals surface area contributed by atoms with Crippen molar-refractivity contribution in [3.8, 4) is 5.75 Å². The Morgan fingerprint density at radius 3 is 2.96 bits per heavy atom. The molecule has 1 amide bonds. The Morgan fingerprint density at radius 2 is 2.26 bits per heavy atom. The average molecular weight is 361 g/mol. The fraction of sp³-hybridized carbons (Fsp3) is 0.588. The van der Waals surface area contributed by atoms with Crippen LogP contribution in [0.1, 0.15) is 31.2 Å². The molecular formula is C17H26Cl2N2O2. The van der Waals surface area contributed by atoms with Crippen molar-refractivity contribution < 1.29 is 9.53 Å². The molecule has 1 aromatic rings. The van der Waals surface area contributed by atoms with E-state index in [1.54, 1.807) is 0 Å². The summed E-state index contributed by atoms with van der Waals surface area (Å²) in [6, 6.07) is 6.06. The third kappa shape index (κ3) is 6.21. The number of nitrogens with one attached hydrogen (secondary N) is 1. The van der Waals surface area contributed by atoms with E-state index >= 15 is 0 Å². The van der Waals surface area contributed by atoms with E-state index in [0.29, 0.717) is 19.1 Å². The fourth-order valence-electron chi connectivity index (χ4n) is 2.72. The van der Waals surface area contributed by atoms with Gasteiger partial charge in [-0.1, -0.05) is 11.6 Å². The molecule has 1 saturated heterocycles. The molecule has 130 valence electrons. The van der Waals surface area contributed by atoms with E-state index in [9.17, 15) is 4.79 Å². The van der Waals surface area contributed by atoms with E-state index in [4.69, 9.17) is 16.3 Å². The molecule has 4 nitrogen and oxygen atoms in total. The van der Waals surface area contributed by atoms with Crippen LogP contribution in [0.3, 0.4) is 0 Å². The third-order valence-electron chi connectivity index (χ3n) is 4.12. The van der Waals surface area contributed by atoms with Crippen molar-refractivity contribution in [2.75, 3.05) is 26.7 Å². The van der Waals surface area contributed by atoms with Crippen molar-refractivity contribution >= 4 is 29.9 Å². The van der Waals surface area contributed by atoms with Gasteiger partial charge in [0, 0.05) is 30.6 Å². The molecular weight excluding hydrogens is 335 g/mol. The van der Waals surface area contributed by atoms with Crippen LogP contribution < -0.4 is 10.1 Å². The summed E-state index contributed by atoms with van der Waals surface area (Å²) in [7, 11) is 1.96. The average Bonchev–Trinajstić information content (AvgIpc) is 2.54. The number of nitrogens with zero attached hydrogens (tertiary/aromatic N) is 1. The Morgan fingerprint density at radius 1 is 1.48 bits per heavy atom. The highest BCUT2D eigenvalue weighted by molar-refractivity contribution is 6.31. The summed E-state index contributed by atoms with van der Waals surface area (Å²) in [6.45, 7) is 4.21. The van der Waals surface area contributed by atoms with Gasteiger partial charge in [0.25, 0.3) is 0 Å². The van der Waals surface area contributed by atoms with Crippen LogP contribution in [0.15, 0.2) is 18.2 Å². The van der Waals surface area contributed by atoms with Gasteiger partial charge in [0.15, 0.2) is 0 Å². The number of amides is 1. The van der Waals surface area contributed by atoms with E-state index in [2.05, 4.69) is 5.32 Å². The van der Waals surface area contributed by atoms with Gasteiger partial charge in [-0.15, -0.1) is 12.4 Å². The largest absolute Gasteiger partial charge is 0.494 e. The maximum Gasteiger partial charge on any atom is 0.222 e. The molecule has 0 saturated carbocycles. The molecule has 0 aromatic heterocycles. The number of ether oxygens (including phenoxy) is 1. The minimum atomic E-state index is 0. The van der Waals surface area contributed by atoms with Gasteiger partial charge in [0.05, 0.1) is 6.61 Å². The van der Waals surface area contributed by atoms with Gasteiger partial charge in [-0.2, -0.15) is 0 Å². The predicted octanol–water partition coefficient (Wildman–Crippen LogP) is 3.44. The van der Waals surface area contributed by atoms with Gasteiger partial charge in [0.2, 0.25) is 5.91 Å². The highest BCUT2D eigenvalue weighted by atomic mass is 35.5. The van der Waals surface area contributed by atoms with Crippen LogP contribution in [0.4, 0.5) is 0 Å². The van der Waals surface area contributed by atoms with Crippen molar-refractivity contribution in [2.24, 2.45) is 0 Å². The van der Waals surface area contributed by atoms with Crippen LogP contribution >= 0.6 is 24.0 Å². The Balaban J connectivity index is 0.00000264. The smallest absolute Gasteiger partial charge is 0.222 e. The minimum Gasteiger partial charge on any atom is -0.494 e. The van der Waals surface area contributed by atoms with Gasteiger partial charge in [-0.05, 0) is 57.0 Å². The van der Waals surface area contributed by atoms with Gasteiger partial charge in [-0.25, -0.2) is 0 Å². The standard InChI is InChI=1S/C17H25ClN2O2.ClH/c1-13-11-15(7-8-16(13)18)22-10-4-6-17(21)20-9-3-5-14(12-20)19-2;/h7-8,11,14,19H,3-6,9-10,12H2,1-2H3;1H.